The molecule has 7 N–H and O–H groups in total. The summed E-state index contributed by atoms with van der Waals surface area (Å²) in [4.78, 5) is 73.0. The molecular formula is C30H45N7O6. The number of nitrogens with two attached hydrogens (primary N) is 1. The van der Waals surface area contributed by atoms with Crippen molar-refractivity contribution in [2.45, 2.75) is 95.0 Å². The van der Waals surface area contributed by atoms with Crippen molar-refractivity contribution in [3.63, 3.8) is 0 Å². The van der Waals surface area contributed by atoms with Gasteiger partial charge < -0.3 is 42.0 Å². The average molecular weight is 600 g/mol. The summed E-state index contributed by atoms with van der Waals surface area (Å²) in [5, 5.41) is 14.2. The summed E-state index contributed by atoms with van der Waals surface area (Å²) < 4.78 is 0. The zero-order valence-corrected chi connectivity index (χ0v) is 25.0. The van der Waals surface area contributed by atoms with Gasteiger partial charge in [0, 0.05) is 6.54 Å². The summed E-state index contributed by atoms with van der Waals surface area (Å²) in [6.45, 7) is 5.35. The van der Waals surface area contributed by atoms with Gasteiger partial charge in [-0.2, -0.15) is 0 Å². The Morgan fingerprint density at radius 3 is 1.95 bits per heavy atom. The Balaban J connectivity index is 0.000000326. The Kier molecular flexibility index (Phi) is 13.1. The van der Waals surface area contributed by atoms with Crippen molar-refractivity contribution < 1.29 is 28.8 Å². The molecule has 236 valence electrons. The van der Waals surface area contributed by atoms with Crippen LogP contribution in [-0.2, 0) is 35.2 Å². The Morgan fingerprint density at radius 2 is 1.44 bits per heavy atom. The monoisotopic (exact) mass is 599 g/mol. The first-order valence-corrected chi connectivity index (χ1v) is 15.1. The minimum atomic E-state index is -0.709. The number of carbonyl (C=O) groups is 6. The second-order valence-electron chi connectivity index (χ2n) is 11.3. The lowest BCUT2D eigenvalue weighted by molar-refractivity contribution is -0.141. The standard InChI is InChI=1S/C22H30N4O4.C8H15N3O2/c1-15(24-20(28)18-9-5-11-23-18)22(30)26-12-6-10-19(26)21(29)25-17(14-27)13-16-7-3-2-4-8-16;1-5(7(9)12)11-8(13)6-3-2-4-10-6/h2-4,7-8,14-15,17-19,23H,5-6,9-13H2,1H3,(H,24,28)(H,25,29);5-6,10H,2-4H2,1H3,(H2,9,12)(H,11,13)/t15-,17-,18-,19-;5-,6-/m00/s1. The minimum Gasteiger partial charge on any atom is -0.368 e. The molecular weight excluding hydrogens is 554 g/mol. The molecule has 3 heterocycles. The van der Waals surface area contributed by atoms with Gasteiger partial charge in [0.05, 0.1) is 18.1 Å². The van der Waals surface area contributed by atoms with Crippen molar-refractivity contribution in [1.29, 1.82) is 0 Å². The van der Waals surface area contributed by atoms with E-state index >= 15 is 0 Å². The summed E-state index contributed by atoms with van der Waals surface area (Å²) in [6.07, 6.45) is 5.91. The van der Waals surface area contributed by atoms with Crippen LogP contribution in [0.5, 0.6) is 0 Å². The third kappa shape index (κ3) is 10.1. The van der Waals surface area contributed by atoms with E-state index in [1.54, 1.807) is 13.8 Å². The number of aldehydes is 1. The highest BCUT2D eigenvalue weighted by molar-refractivity contribution is 5.94. The summed E-state index contributed by atoms with van der Waals surface area (Å²) in [5.74, 6) is -1.43. The first kappa shape index (κ1) is 33.7. The average Bonchev–Trinajstić information content (AvgIpc) is 3.80. The van der Waals surface area contributed by atoms with Crippen LogP contribution in [0.3, 0.4) is 0 Å². The van der Waals surface area contributed by atoms with Gasteiger partial charge in [-0.3, -0.25) is 24.0 Å². The predicted molar refractivity (Wildman–Crippen MR) is 159 cm³/mol. The third-order valence-electron chi connectivity index (χ3n) is 7.90. The molecule has 1 aromatic carbocycles. The van der Waals surface area contributed by atoms with Crippen molar-refractivity contribution in [3.8, 4) is 0 Å². The van der Waals surface area contributed by atoms with Crippen LogP contribution in [0, 0.1) is 0 Å². The van der Waals surface area contributed by atoms with E-state index in [9.17, 15) is 28.8 Å². The van der Waals surface area contributed by atoms with Gasteiger partial charge in [0.2, 0.25) is 29.5 Å². The highest BCUT2D eigenvalue weighted by atomic mass is 16.2. The van der Waals surface area contributed by atoms with Crippen molar-refractivity contribution in [2.24, 2.45) is 5.73 Å². The lowest BCUT2D eigenvalue weighted by atomic mass is 10.1. The molecule has 0 bridgehead atoms. The van der Waals surface area contributed by atoms with Crippen molar-refractivity contribution in [2.75, 3.05) is 19.6 Å². The van der Waals surface area contributed by atoms with E-state index < -0.39 is 30.1 Å². The van der Waals surface area contributed by atoms with E-state index in [0.717, 1.165) is 50.6 Å². The molecule has 0 radical (unpaired) electrons. The number of hydrogen-bond acceptors (Lipinski definition) is 8. The first-order valence-electron chi connectivity index (χ1n) is 15.1. The van der Waals surface area contributed by atoms with Crippen LogP contribution in [0.15, 0.2) is 30.3 Å². The predicted octanol–water partition coefficient (Wildman–Crippen LogP) is -1.11. The summed E-state index contributed by atoms with van der Waals surface area (Å²) in [5.41, 5.74) is 5.96. The maximum absolute atomic E-state index is 12.9. The van der Waals surface area contributed by atoms with Gasteiger partial charge in [0.1, 0.15) is 24.4 Å². The molecule has 6 atom stereocenters. The van der Waals surface area contributed by atoms with E-state index in [2.05, 4.69) is 26.6 Å². The topological polar surface area (TPSA) is 192 Å². The van der Waals surface area contributed by atoms with Gasteiger partial charge in [-0.15, -0.1) is 0 Å². The molecule has 0 unspecified atom stereocenters. The number of hydrogen-bond donors (Lipinski definition) is 6. The van der Waals surface area contributed by atoms with Gasteiger partial charge in [0.25, 0.3) is 0 Å². The molecule has 0 saturated carbocycles. The van der Waals surface area contributed by atoms with Gasteiger partial charge in [-0.05, 0) is 77.4 Å². The Bertz CT molecular complexity index is 1120. The second kappa shape index (κ2) is 16.7. The summed E-state index contributed by atoms with van der Waals surface area (Å²) >= 11 is 0. The van der Waals surface area contributed by atoms with Crippen LogP contribution in [0.4, 0.5) is 0 Å². The zero-order chi connectivity index (χ0) is 31.4. The number of benzene rings is 1. The number of carbonyl (C=O) groups excluding carboxylic acids is 6. The highest BCUT2D eigenvalue weighted by Gasteiger charge is 2.37. The van der Waals surface area contributed by atoms with Crippen LogP contribution in [0.1, 0.15) is 57.9 Å². The maximum Gasteiger partial charge on any atom is 0.245 e. The number of likely N-dealkylation sites (tertiary alicyclic amines) is 1. The Labute approximate surface area is 252 Å². The smallest absolute Gasteiger partial charge is 0.245 e. The van der Waals surface area contributed by atoms with Crippen molar-refractivity contribution in [1.82, 2.24) is 31.5 Å². The molecule has 0 aliphatic carbocycles. The van der Waals surface area contributed by atoms with Crippen LogP contribution >= 0.6 is 0 Å². The normalized spacial score (nSPS) is 23.2. The number of amides is 5. The molecule has 3 aliphatic heterocycles. The van der Waals surface area contributed by atoms with Crippen LogP contribution in [0.25, 0.3) is 0 Å². The van der Waals surface area contributed by atoms with Crippen molar-refractivity contribution >= 4 is 35.8 Å². The third-order valence-corrected chi connectivity index (χ3v) is 7.90. The van der Waals surface area contributed by atoms with Gasteiger partial charge in [-0.1, -0.05) is 30.3 Å². The summed E-state index contributed by atoms with van der Waals surface area (Å²) in [6, 6.07) is 6.47. The van der Waals surface area contributed by atoms with E-state index in [1.165, 1.54) is 4.90 Å². The lowest BCUT2D eigenvalue weighted by Crippen LogP contribution is -2.55. The number of primary amides is 1. The quantitative estimate of drug-likeness (QED) is 0.172. The molecule has 43 heavy (non-hydrogen) atoms. The molecule has 13 nitrogen and oxygen atoms in total. The molecule has 3 saturated heterocycles. The fourth-order valence-electron chi connectivity index (χ4n) is 5.41. The Hall–Kier alpha value is -3.84. The first-order chi connectivity index (χ1) is 20.6. The lowest BCUT2D eigenvalue weighted by Gasteiger charge is -2.28. The molecule has 3 aliphatic rings. The number of nitrogens with zero attached hydrogens (tertiary/aromatic N) is 1. The van der Waals surface area contributed by atoms with E-state index in [-0.39, 0.29) is 35.7 Å². The fraction of sp³-hybridized carbons (Fsp3) is 0.600. The Morgan fingerprint density at radius 1 is 0.860 bits per heavy atom. The van der Waals surface area contributed by atoms with Crippen molar-refractivity contribution in [3.05, 3.63) is 35.9 Å². The van der Waals surface area contributed by atoms with E-state index in [1.807, 2.05) is 30.3 Å². The minimum absolute atomic E-state index is 0.135. The van der Waals surface area contributed by atoms with E-state index in [4.69, 9.17) is 5.73 Å². The van der Waals surface area contributed by atoms with Gasteiger partial charge in [-0.25, -0.2) is 0 Å². The van der Waals surface area contributed by atoms with Crippen LogP contribution in [-0.4, -0.2) is 96.6 Å². The molecule has 13 heteroatoms. The summed E-state index contributed by atoms with van der Waals surface area (Å²) in [7, 11) is 0. The van der Waals surface area contributed by atoms with Gasteiger partial charge in [0.15, 0.2) is 0 Å². The van der Waals surface area contributed by atoms with Gasteiger partial charge >= 0.3 is 0 Å². The molecule has 4 rings (SSSR count). The SMILES string of the molecule is C[C@H](NC(=O)[C@@H]1CCCN1)C(=O)N1CCC[C@H]1C(=O)N[C@H](C=O)Cc1ccccc1.C[C@H](NC(=O)[C@@H]1CCCN1)C(N)=O. The largest absolute Gasteiger partial charge is 0.368 e. The number of rotatable bonds is 11. The molecule has 0 spiro atoms. The second-order valence-corrected chi connectivity index (χ2v) is 11.3. The fourth-order valence-corrected chi connectivity index (χ4v) is 5.41. The van der Waals surface area contributed by atoms with Crippen LogP contribution < -0.4 is 32.3 Å². The molecule has 1 aromatic rings. The molecule has 5 amide bonds. The highest BCUT2D eigenvalue weighted by Crippen LogP contribution is 2.19. The molecule has 0 aromatic heterocycles. The van der Waals surface area contributed by atoms with E-state index in [0.29, 0.717) is 25.8 Å². The number of nitrogens with one attached hydrogen (secondary N) is 5. The molecule has 3 fully saturated rings. The zero-order valence-electron chi connectivity index (χ0n) is 25.0. The van der Waals surface area contributed by atoms with Crippen LogP contribution in [0.2, 0.25) is 0 Å². The maximum atomic E-state index is 12.9.